The Morgan fingerprint density at radius 3 is 1.95 bits per heavy atom. The first kappa shape index (κ1) is 23.5. The van der Waals surface area contributed by atoms with Gasteiger partial charge in [-0.3, -0.25) is 4.98 Å². The van der Waals surface area contributed by atoms with E-state index in [-0.39, 0.29) is 0 Å². The molecule has 0 radical (unpaired) electrons. The van der Waals surface area contributed by atoms with Crippen LogP contribution in [0.15, 0.2) is 131 Å². The molecule has 41 heavy (non-hydrogen) atoms. The van der Waals surface area contributed by atoms with E-state index < -0.39 is 0 Å². The maximum Gasteiger partial charge on any atom is 0.0645 e. The largest absolute Gasteiger partial charge is 0.308 e. The molecule has 2 heterocycles. The number of benzene rings is 7. The van der Waals surface area contributed by atoms with Crippen molar-refractivity contribution in [2.24, 2.45) is 0 Å². The van der Waals surface area contributed by atoms with Crippen molar-refractivity contribution in [3.05, 3.63) is 131 Å². The Labute approximate surface area is 252 Å². The van der Waals surface area contributed by atoms with Crippen LogP contribution in [0.5, 0.6) is 0 Å². The second-order valence-corrected chi connectivity index (χ2v) is 12.5. The third-order valence-electron chi connectivity index (χ3n) is 8.53. The second kappa shape index (κ2) is 8.62. The lowest BCUT2D eigenvalue weighted by Crippen LogP contribution is -1.95. The van der Waals surface area contributed by atoms with Crippen LogP contribution in [0, 0.1) is 0 Å². The summed E-state index contributed by atoms with van der Waals surface area (Å²) in [6.07, 6.45) is 3.78. The van der Waals surface area contributed by atoms with Crippen molar-refractivity contribution in [3.8, 4) is 16.8 Å². The molecule has 9 rings (SSSR count). The summed E-state index contributed by atoms with van der Waals surface area (Å²) in [6.45, 7) is 0. The van der Waals surface area contributed by atoms with E-state index in [4.69, 9.17) is 0 Å². The third kappa shape index (κ3) is 3.26. The van der Waals surface area contributed by atoms with Gasteiger partial charge in [-0.2, -0.15) is 0 Å². The summed E-state index contributed by atoms with van der Waals surface area (Å²) < 4.78 is 4.51. The summed E-state index contributed by atoms with van der Waals surface area (Å²) in [5, 5.41) is 12.9. The van der Waals surface area contributed by atoms with Gasteiger partial charge in [0.2, 0.25) is 0 Å². The van der Waals surface area contributed by atoms with E-state index in [0.717, 1.165) is 14.6 Å². The summed E-state index contributed by atoms with van der Waals surface area (Å²) in [6, 6.07) is 40.0. The van der Waals surface area contributed by atoms with E-state index in [0.29, 0.717) is 0 Å². The molecule has 0 fully saturated rings. The lowest BCUT2D eigenvalue weighted by molar-refractivity contribution is 1.14. The van der Waals surface area contributed by atoms with Crippen LogP contribution in [0.4, 0.5) is 0 Å². The van der Waals surface area contributed by atoms with Crippen molar-refractivity contribution in [1.29, 1.82) is 0 Å². The van der Waals surface area contributed by atoms with Gasteiger partial charge in [0.05, 0.1) is 22.9 Å². The van der Waals surface area contributed by atoms with E-state index in [1.165, 1.54) is 76.0 Å². The molecule has 2 aromatic heterocycles. The molecule has 0 atom stereocenters. The molecule has 2 nitrogen and oxygen atoms in total. The van der Waals surface area contributed by atoms with Gasteiger partial charge in [-0.15, -0.1) is 0 Å². The van der Waals surface area contributed by atoms with Crippen LogP contribution in [0.25, 0.3) is 81.7 Å². The maximum absolute atomic E-state index is 4.48. The van der Waals surface area contributed by atoms with E-state index in [9.17, 15) is 0 Å². The molecule has 0 aliphatic rings. The highest BCUT2D eigenvalue weighted by molar-refractivity contribution is 9.10. The zero-order valence-electron chi connectivity index (χ0n) is 21.7. The summed E-state index contributed by atoms with van der Waals surface area (Å²) in [7, 11) is 0. The number of pyridine rings is 1. The molecule has 0 saturated carbocycles. The zero-order valence-corrected chi connectivity index (χ0v) is 24.9. The van der Waals surface area contributed by atoms with Gasteiger partial charge in [0.15, 0.2) is 0 Å². The summed E-state index contributed by atoms with van der Waals surface area (Å²) in [5.74, 6) is 0. The van der Waals surface area contributed by atoms with Crippen LogP contribution in [-0.4, -0.2) is 9.55 Å². The van der Waals surface area contributed by atoms with Gasteiger partial charge < -0.3 is 4.57 Å². The number of aromatic nitrogens is 2. The normalized spacial score (nSPS) is 12.1. The van der Waals surface area contributed by atoms with Crippen molar-refractivity contribution in [1.82, 2.24) is 9.55 Å². The molecule has 0 aliphatic heterocycles. The average Bonchev–Trinajstić information content (AvgIpc) is 3.33. The Hall–Kier alpha value is -4.25. The summed E-state index contributed by atoms with van der Waals surface area (Å²) >= 11 is 7.33. The van der Waals surface area contributed by atoms with Gasteiger partial charge in [-0.1, -0.05) is 98.6 Å². The molecule has 192 valence electrons. The van der Waals surface area contributed by atoms with Crippen LogP contribution < -0.4 is 0 Å². The van der Waals surface area contributed by atoms with Crippen molar-refractivity contribution >= 4 is 96.8 Å². The first-order valence-electron chi connectivity index (χ1n) is 13.6. The fourth-order valence-corrected chi connectivity index (χ4v) is 7.51. The first-order valence-corrected chi connectivity index (χ1v) is 15.2. The molecule has 0 amide bonds. The minimum absolute atomic E-state index is 1.06. The molecule has 0 aliphatic carbocycles. The van der Waals surface area contributed by atoms with Crippen LogP contribution in [-0.2, 0) is 0 Å². The smallest absolute Gasteiger partial charge is 0.0645 e. The molecule has 0 bridgehead atoms. The van der Waals surface area contributed by atoms with Gasteiger partial charge in [0, 0.05) is 25.9 Å². The van der Waals surface area contributed by atoms with Crippen LogP contribution in [0.2, 0.25) is 0 Å². The Morgan fingerprint density at radius 1 is 0.488 bits per heavy atom. The highest BCUT2D eigenvalue weighted by Crippen LogP contribution is 2.47. The van der Waals surface area contributed by atoms with Crippen molar-refractivity contribution in [3.63, 3.8) is 0 Å². The van der Waals surface area contributed by atoms with Crippen LogP contribution in [0.3, 0.4) is 0 Å². The highest BCUT2D eigenvalue weighted by Gasteiger charge is 2.21. The van der Waals surface area contributed by atoms with Crippen molar-refractivity contribution in [2.45, 2.75) is 0 Å². The highest BCUT2D eigenvalue weighted by atomic mass is 79.9. The van der Waals surface area contributed by atoms with Crippen molar-refractivity contribution < 1.29 is 0 Å². The number of rotatable bonds is 2. The molecule has 0 N–H and O–H groups in total. The molecular weight excluding hydrogens is 632 g/mol. The Morgan fingerprint density at radius 2 is 1.17 bits per heavy atom. The molecular formula is C37H20Br2N2. The second-order valence-electron chi connectivity index (χ2n) is 10.7. The Balaban J connectivity index is 1.52. The minimum atomic E-state index is 1.06. The average molecular weight is 652 g/mol. The number of halogens is 2. The fraction of sp³-hybridized carbons (Fsp3) is 0. The number of hydrogen-bond acceptors (Lipinski definition) is 1. The van der Waals surface area contributed by atoms with Gasteiger partial charge in [-0.05, 0) is 96.7 Å². The van der Waals surface area contributed by atoms with E-state index in [1.54, 1.807) is 0 Å². The predicted molar refractivity (Wildman–Crippen MR) is 181 cm³/mol. The molecule has 4 heteroatoms. The Kier molecular flexibility index (Phi) is 4.93. The lowest BCUT2D eigenvalue weighted by Gasteiger charge is -2.17. The fourth-order valence-electron chi connectivity index (χ4n) is 6.90. The van der Waals surface area contributed by atoms with E-state index >= 15 is 0 Å². The molecule has 0 saturated heterocycles. The standard InChI is InChI=1S/C37H20Br2N2/c38-22-11-9-21(10-12-22)25-15-16-29-32-19-34-37(30-14-13-23(39)18-33(30)41(34)24-4-3-17-40-20-24)31-8-2-7-28(36(31)32)27-6-1-5-26(25)35(27)29/h1-20H. The van der Waals surface area contributed by atoms with Gasteiger partial charge in [0.25, 0.3) is 0 Å². The predicted octanol–water partition coefficient (Wildman–Crippen LogP) is 11.4. The minimum Gasteiger partial charge on any atom is -0.308 e. The Bertz CT molecular complexity index is 2480. The zero-order chi connectivity index (χ0) is 27.2. The van der Waals surface area contributed by atoms with Crippen LogP contribution in [0.1, 0.15) is 0 Å². The summed E-state index contributed by atoms with van der Waals surface area (Å²) in [4.78, 5) is 4.48. The number of hydrogen-bond donors (Lipinski definition) is 0. The third-order valence-corrected chi connectivity index (χ3v) is 9.55. The number of fused-ring (bicyclic) bond motifs is 6. The molecule has 9 aromatic rings. The van der Waals surface area contributed by atoms with Gasteiger partial charge in [0.1, 0.15) is 0 Å². The van der Waals surface area contributed by atoms with Crippen molar-refractivity contribution in [2.75, 3.05) is 0 Å². The molecule has 0 spiro atoms. The number of nitrogens with zero attached hydrogens (tertiary/aromatic N) is 2. The van der Waals surface area contributed by atoms with E-state index in [2.05, 4.69) is 145 Å². The van der Waals surface area contributed by atoms with Crippen LogP contribution >= 0.6 is 31.9 Å². The van der Waals surface area contributed by atoms with E-state index in [1.807, 2.05) is 18.5 Å². The topological polar surface area (TPSA) is 17.8 Å². The monoisotopic (exact) mass is 650 g/mol. The summed E-state index contributed by atoms with van der Waals surface area (Å²) in [5.41, 5.74) is 5.89. The SMILES string of the molecule is Brc1ccc(-c2ccc3c4cc5c(c6cccc(c7cccc2c73)c46)c2ccc(Br)cc2n5-c2cccnc2)cc1. The molecule has 0 unspecified atom stereocenters. The first-order chi connectivity index (χ1) is 20.2. The van der Waals surface area contributed by atoms with Gasteiger partial charge in [-0.25, -0.2) is 0 Å². The lowest BCUT2D eigenvalue weighted by atomic mass is 9.86. The quantitative estimate of drug-likeness (QED) is 0.134. The maximum atomic E-state index is 4.48. The van der Waals surface area contributed by atoms with Gasteiger partial charge >= 0.3 is 0 Å². The molecule has 7 aromatic carbocycles.